The summed E-state index contributed by atoms with van der Waals surface area (Å²) in [6.07, 6.45) is 3.37. The van der Waals surface area contributed by atoms with E-state index in [1.807, 2.05) is 28.6 Å². The monoisotopic (exact) mass is 346 g/mol. The Morgan fingerprint density at radius 1 is 1.29 bits per heavy atom. The summed E-state index contributed by atoms with van der Waals surface area (Å²) in [5.74, 6) is 1.34. The Bertz CT molecular complexity index is 661. The Kier molecular flexibility index (Phi) is 5.68. The molecule has 0 aromatic carbocycles. The molecule has 24 heavy (non-hydrogen) atoms. The molecule has 6 heteroatoms. The molecule has 0 saturated heterocycles. The minimum atomic E-state index is 0.230. The molecule has 3 heterocycles. The molecule has 2 aromatic rings. The van der Waals surface area contributed by atoms with E-state index in [0.717, 1.165) is 56.4 Å². The van der Waals surface area contributed by atoms with Gasteiger partial charge in [0.05, 0.1) is 12.1 Å². The summed E-state index contributed by atoms with van der Waals surface area (Å²) in [7, 11) is 0. The molecule has 0 atom stereocenters. The summed E-state index contributed by atoms with van der Waals surface area (Å²) in [4.78, 5) is 22.7. The average molecular weight is 347 g/mol. The molecule has 0 unspecified atom stereocenters. The lowest BCUT2D eigenvalue weighted by molar-refractivity contribution is -0.130. The summed E-state index contributed by atoms with van der Waals surface area (Å²) < 4.78 is 2.32. The zero-order valence-corrected chi connectivity index (χ0v) is 15.4. The van der Waals surface area contributed by atoms with Crippen molar-refractivity contribution < 1.29 is 4.79 Å². The molecular weight excluding hydrogens is 320 g/mol. The maximum absolute atomic E-state index is 12.5. The molecule has 0 radical (unpaired) electrons. The van der Waals surface area contributed by atoms with E-state index in [-0.39, 0.29) is 5.91 Å². The van der Waals surface area contributed by atoms with Crippen LogP contribution in [0.4, 0.5) is 0 Å². The predicted molar refractivity (Wildman–Crippen MR) is 97.2 cm³/mol. The van der Waals surface area contributed by atoms with Gasteiger partial charge in [0.25, 0.3) is 0 Å². The second-order valence-corrected chi connectivity index (χ2v) is 7.20. The fourth-order valence-corrected chi connectivity index (χ4v) is 3.92. The number of carbonyl (C=O) groups excluding carboxylic acids is 1. The number of hydrogen-bond donors (Lipinski definition) is 0. The number of nitrogens with zero attached hydrogens (tertiary/aromatic N) is 4. The lowest BCUT2D eigenvalue weighted by atomic mass is 10.3. The van der Waals surface area contributed by atoms with Crippen molar-refractivity contribution in [1.82, 2.24) is 19.4 Å². The summed E-state index contributed by atoms with van der Waals surface area (Å²) in [6.45, 7) is 9.79. The maximum atomic E-state index is 12.5. The maximum Gasteiger partial charge on any atom is 0.227 e. The zero-order valence-electron chi connectivity index (χ0n) is 14.6. The highest BCUT2D eigenvalue weighted by Gasteiger charge is 2.21. The van der Waals surface area contributed by atoms with Gasteiger partial charge >= 0.3 is 0 Å². The predicted octanol–water partition coefficient (Wildman–Crippen LogP) is 2.41. The molecular formula is C18H26N4OS. The van der Waals surface area contributed by atoms with Crippen LogP contribution in [-0.2, 0) is 30.7 Å². The van der Waals surface area contributed by atoms with Crippen LogP contribution in [0.2, 0.25) is 0 Å². The Morgan fingerprint density at radius 2 is 2.12 bits per heavy atom. The minimum absolute atomic E-state index is 0.230. The van der Waals surface area contributed by atoms with Gasteiger partial charge in [0.15, 0.2) is 0 Å². The number of imidazole rings is 1. The average Bonchev–Trinajstić information content (AvgIpc) is 3.17. The number of thiophene rings is 1. The fraction of sp³-hybridized carbons (Fsp3) is 0.556. The third kappa shape index (κ3) is 3.87. The molecule has 1 aliphatic rings. The molecule has 3 rings (SSSR count). The van der Waals surface area contributed by atoms with Crippen LogP contribution in [0.25, 0.3) is 0 Å². The standard InChI is InChI=1S/C18H26N4OS/c1-3-20(4-2)14-15-13-19-17-7-8-21(9-10-22(15)17)18(23)12-16-6-5-11-24-16/h5-6,11,13H,3-4,7-10,12,14H2,1-2H3. The Labute approximate surface area is 147 Å². The second kappa shape index (κ2) is 7.94. The largest absolute Gasteiger partial charge is 0.340 e. The third-order valence-corrected chi connectivity index (χ3v) is 5.63. The van der Waals surface area contributed by atoms with Crippen LogP contribution < -0.4 is 0 Å². The van der Waals surface area contributed by atoms with E-state index in [9.17, 15) is 4.79 Å². The van der Waals surface area contributed by atoms with Crippen LogP contribution in [0, 0.1) is 0 Å². The lowest BCUT2D eigenvalue weighted by Crippen LogP contribution is -2.34. The highest BCUT2D eigenvalue weighted by molar-refractivity contribution is 7.10. The van der Waals surface area contributed by atoms with Crippen molar-refractivity contribution in [3.05, 3.63) is 40.1 Å². The highest BCUT2D eigenvalue weighted by Crippen LogP contribution is 2.16. The lowest BCUT2D eigenvalue weighted by Gasteiger charge is -2.21. The molecule has 0 N–H and O–H groups in total. The molecule has 0 fully saturated rings. The molecule has 1 aliphatic heterocycles. The first kappa shape index (κ1) is 17.2. The van der Waals surface area contributed by atoms with Crippen LogP contribution in [0.5, 0.6) is 0 Å². The van der Waals surface area contributed by atoms with E-state index < -0.39 is 0 Å². The van der Waals surface area contributed by atoms with E-state index >= 15 is 0 Å². The third-order valence-electron chi connectivity index (χ3n) is 4.76. The first-order chi connectivity index (χ1) is 11.7. The number of fused-ring (bicyclic) bond motifs is 1. The summed E-state index contributed by atoms with van der Waals surface area (Å²) >= 11 is 1.65. The van der Waals surface area contributed by atoms with Gasteiger partial charge in [0.1, 0.15) is 5.82 Å². The van der Waals surface area contributed by atoms with Crippen molar-refractivity contribution in [2.75, 3.05) is 26.2 Å². The number of hydrogen-bond acceptors (Lipinski definition) is 4. The van der Waals surface area contributed by atoms with Crippen molar-refractivity contribution >= 4 is 17.2 Å². The van der Waals surface area contributed by atoms with Gasteiger partial charge in [-0.2, -0.15) is 0 Å². The fourth-order valence-electron chi connectivity index (χ4n) is 3.22. The summed E-state index contributed by atoms with van der Waals surface area (Å²) in [5, 5.41) is 2.03. The van der Waals surface area contributed by atoms with Crippen LogP contribution in [0.15, 0.2) is 23.7 Å². The van der Waals surface area contributed by atoms with Gasteiger partial charge in [-0.05, 0) is 24.5 Å². The normalized spacial score (nSPS) is 14.7. The molecule has 0 spiro atoms. The first-order valence-electron chi connectivity index (χ1n) is 8.77. The van der Waals surface area contributed by atoms with Crippen LogP contribution >= 0.6 is 11.3 Å². The molecule has 0 bridgehead atoms. The first-order valence-corrected chi connectivity index (χ1v) is 9.65. The molecule has 0 saturated carbocycles. The molecule has 2 aromatic heterocycles. The van der Waals surface area contributed by atoms with Crippen LogP contribution in [0.1, 0.15) is 30.2 Å². The number of carbonyl (C=O) groups is 1. The highest BCUT2D eigenvalue weighted by atomic mass is 32.1. The Hall–Kier alpha value is -1.66. The van der Waals surface area contributed by atoms with Crippen molar-refractivity contribution in [2.45, 2.75) is 39.8 Å². The van der Waals surface area contributed by atoms with Crippen LogP contribution in [0.3, 0.4) is 0 Å². The quantitative estimate of drug-likeness (QED) is 0.807. The number of amides is 1. The van der Waals surface area contributed by atoms with E-state index in [4.69, 9.17) is 0 Å². The van der Waals surface area contributed by atoms with Gasteiger partial charge in [0, 0.05) is 43.7 Å². The molecule has 1 amide bonds. The van der Waals surface area contributed by atoms with E-state index in [1.54, 1.807) is 11.3 Å². The van der Waals surface area contributed by atoms with E-state index in [1.165, 1.54) is 5.69 Å². The van der Waals surface area contributed by atoms with E-state index in [0.29, 0.717) is 6.42 Å². The number of rotatable bonds is 6. The zero-order chi connectivity index (χ0) is 16.9. The van der Waals surface area contributed by atoms with Crippen molar-refractivity contribution in [3.8, 4) is 0 Å². The molecule has 130 valence electrons. The van der Waals surface area contributed by atoms with Crippen molar-refractivity contribution in [1.29, 1.82) is 0 Å². The van der Waals surface area contributed by atoms with Gasteiger partial charge in [-0.25, -0.2) is 4.98 Å². The van der Waals surface area contributed by atoms with Gasteiger partial charge < -0.3 is 9.47 Å². The van der Waals surface area contributed by atoms with Crippen molar-refractivity contribution in [3.63, 3.8) is 0 Å². The SMILES string of the molecule is CCN(CC)Cc1cnc2n1CCN(C(=O)Cc1cccs1)CC2. The smallest absolute Gasteiger partial charge is 0.227 e. The van der Waals surface area contributed by atoms with Crippen molar-refractivity contribution in [2.24, 2.45) is 0 Å². The second-order valence-electron chi connectivity index (χ2n) is 6.17. The molecule has 0 aliphatic carbocycles. The van der Waals surface area contributed by atoms with E-state index in [2.05, 4.69) is 28.3 Å². The Morgan fingerprint density at radius 3 is 2.83 bits per heavy atom. The van der Waals surface area contributed by atoms with Gasteiger partial charge in [-0.3, -0.25) is 9.69 Å². The van der Waals surface area contributed by atoms with Gasteiger partial charge in [-0.15, -0.1) is 11.3 Å². The summed E-state index contributed by atoms with van der Waals surface area (Å²) in [5.41, 5.74) is 1.27. The molecule has 5 nitrogen and oxygen atoms in total. The number of aromatic nitrogens is 2. The van der Waals surface area contributed by atoms with Crippen LogP contribution in [-0.4, -0.2) is 51.4 Å². The topological polar surface area (TPSA) is 41.4 Å². The van der Waals surface area contributed by atoms with Gasteiger partial charge in [-0.1, -0.05) is 19.9 Å². The van der Waals surface area contributed by atoms with Gasteiger partial charge in [0.2, 0.25) is 5.91 Å². The Balaban J connectivity index is 1.64. The summed E-state index contributed by atoms with van der Waals surface area (Å²) in [6, 6.07) is 4.04. The minimum Gasteiger partial charge on any atom is -0.340 e.